The van der Waals surface area contributed by atoms with Crippen LogP contribution in [-0.4, -0.2) is 44.6 Å². The van der Waals surface area contributed by atoms with Crippen LogP contribution in [0.25, 0.3) is 5.65 Å². The first-order valence-electron chi connectivity index (χ1n) is 8.06. The van der Waals surface area contributed by atoms with Crippen LogP contribution in [0.5, 0.6) is 0 Å². The predicted molar refractivity (Wildman–Crippen MR) is 89.9 cm³/mol. The molecule has 7 heteroatoms. The third kappa shape index (κ3) is 2.80. The Balaban J connectivity index is 1.47. The molecule has 0 saturated carbocycles. The number of hydrogen-bond donors (Lipinski definition) is 1. The minimum Gasteiger partial charge on any atom is -0.355 e. The molecule has 0 spiro atoms. The molecule has 0 aliphatic carbocycles. The van der Waals surface area contributed by atoms with E-state index in [2.05, 4.69) is 25.3 Å². The van der Waals surface area contributed by atoms with Gasteiger partial charge in [-0.25, -0.2) is 14.5 Å². The maximum Gasteiger partial charge on any atom is 0.257 e. The monoisotopic (exact) mass is 322 g/mol. The lowest BCUT2D eigenvalue weighted by Gasteiger charge is -2.33. The van der Waals surface area contributed by atoms with E-state index < -0.39 is 0 Å². The molecule has 1 atom stereocenters. The van der Waals surface area contributed by atoms with Gasteiger partial charge in [0.2, 0.25) is 0 Å². The lowest BCUT2D eigenvalue weighted by Crippen LogP contribution is -2.48. The van der Waals surface area contributed by atoms with Crippen LogP contribution in [0.3, 0.4) is 0 Å². The summed E-state index contributed by atoms with van der Waals surface area (Å²) in [5.74, 6) is 0.825. The largest absolute Gasteiger partial charge is 0.355 e. The summed E-state index contributed by atoms with van der Waals surface area (Å²) >= 11 is 0. The van der Waals surface area contributed by atoms with Crippen molar-refractivity contribution in [3.05, 3.63) is 54.6 Å². The molecule has 1 N–H and O–H groups in total. The molecule has 1 fully saturated rings. The first-order valence-corrected chi connectivity index (χ1v) is 8.06. The third-order valence-corrected chi connectivity index (χ3v) is 4.25. The van der Waals surface area contributed by atoms with Gasteiger partial charge >= 0.3 is 0 Å². The molecule has 1 amide bonds. The predicted octanol–water partition coefficient (Wildman–Crippen LogP) is 1.52. The number of carbonyl (C=O) groups excluding carboxylic acids is 1. The van der Waals surface area contributed by atoms with Crippen LogP contribution in [-0.2, 0) is 0 Å². The molecular weight excluding hydrogens is 304 g/mol. The summed E-state index contributed by atoms with van der Waals surface area (Å²) in [6, 6.07) is 7.76. The zero-order chi connectivity index (χ0) is 16.4. The van der Waals surface area contributed by atoms with Crippen LogP contribution >= 0.6 is 0 Å². The average Bonchev–Trinajstić information content (AvgIpc) is 3.07. The minimum absolute atomic E-state index is 0.0897. The summed E-state index contributed by atoms with van der Waals surface area (Å²) < 4.78 is 1.61. The molecule has 4 rings (SSSR count). The van der Waals surface area contributed by atoms with Crippen molar-refractivity contribution < 1.29 is 4.79 Å². The van der Waals surface area contributed by atoms with E-state index in [-0.39, 0.29) is 11.9 Å². The summed E-state index contributed by atoms with van der Waals surface area (Å²) in [6.07, 6.45) is 8.79. The maximum absolute atomic E-state index is 12.6. The van der Waals surface area contributed by atoms with Gasteiger partial charge in [0.1, 0.15) is 11.4 Å². The number of nitrogens with one attached hydrogen (secondary N) is 1. The Hall–Kier alpha value is -2.96. The smallest absolute Gasteiger partial charge is 0.257 e. The zero-order valence-corrected chi connectivity index (χ0v) is 13.2. The summed E-state index contributed by atoms with van der Waals surface area (Å²) in [5, 5.41) is 7.28. The van der Waals surface area contributed by atoms with E-state index in [9.17, 15) is 4.79 Å². The fraction of sp³-hybridized carbons (Fsp3) is 0.294. The highest BCUT2D eigenvalue weighted by molar-refractivity contribution is 5.99. The standard InChI is InChI=1S/C17H18N6O/c24-17(14-11-20-23-10-4-8-19-16(14)23)21-13-5-3-9-22(12-13)15-6-1-2-7-18-15/h1-2,4,6-8,10-11,13H,3,5,9,12H2,(H,21,24). The van der Waals surface area contributed by atoms with Gasteiger partial charge in [-0.2, -0.15) is 5.10 Å². The number of amides is 1. The average molecular weight is 322 g/mol. The van der Waals surface area contributed by atoms with E-state index >= 15 is 0 Å². The Morgan fingerprint density at radius 2 is 2.12 bits per heavy atom. The second kappa shape index (κ2) is 6.27. The number of piperidine rings is 1. The second-order valence-corrected chi connectivity index (χ2v) is 5.89. The summed E-state index contributed by atoms with van der Waals surface area (Å²) in [6.45, 7) is 1.72. The van der Waals surface area contributed by atoms with Gasteiger partial charge in [-0.3, -0.25) is 4.79 Å². The summed E-state index contributed by atoms with van der Waals surface area (Å²) in [5.41, 5.74) is 1.08. The molecule has 1 aliphatic heterocycles. The number of carbonyl (C=O) groups is 1. The fourth-order valence-corrected chi connectivity index (χ4v) is 3.09. The molecule has 1 aliphatic rings. The quantitative estimate of drug-likeness (QED) is 0.791. The normalized spacial score (nSPS) is 17.8. The molecular formula is C17H18N6O. The Morgan fingerprint density at radius 1 is 1.21 bits per heavy atom. The Bertz CT molecular complexity index is 846. The topological polar surface area (TPSA) is 75.4 Å². The Morgan fingerprint density at radius 3 is 3.00 bits per heavy atom. The van der Waals surface area contributed by atoms with Crippen LogP contribution in [0, 0.1) is 0 Å². The van der Waals surface area contributed by atoms with E-state index in [1.807, 2.05) is 18.2 Å². The number of pyridine rings is 1. The number of rotatable bonds is 3. The SMILES string of the molecule is O=C(NC1CCCN(c2ccccn2)C1)c1cnn2cccnc12. The highest BCUT2D eigenvalue weighted by Gasteiger charge is 2.24. The van der Waals surface area contributed by atoms with Crippen LogP contribution in [0.15, 0.2) is 49.1 Å². The van der Waals surface area contributed by atoms with Gasteiger partial charge in [-0.05, 0) is 31.0 Å². The van der Waals surface area contributed by atoms with E-state index in [1.54, 1.807) is 35.4 Å². The van der Waals surface area contributed by atoms with Crippen molar-refractivity contribution in [2.45, 2.75) is 18.9 Å². The van der Waals surface area contributed by atoms with Gasteiger partial charge in [0.25, 0.3) is 5.91 Å². The van der Waals surface area contributed by atoms with E-state index in [4.69, 9.17) is 0 Å². The van der Waals surface area contributed by atoms with E-state index in [1.165, 1.54) is 0 Å². The van der Waals surface area contributed by atoms with Crippen molar-refractivity contribution in [3.8, 4) is 0 Å². The molecule has 3 aromatic rings. The molecule has 122 valence electrons. The van der Waals surface area contributed by atoms with Crippen LogP contribution in [0.4, 0.5) is 5.82 Å². The van der Waals surface area contributed by atoms with E-state index in [0.717, 1.165) is 31.7 Å². The van der Waals surface area contributed by atoms with Gasteiger partial charge in [0.05, 0.1) is 6.20 Å². The van der Waals surface area contributed by atoms with Crippen molar-refractivity contribution in [3.63, 3.8) is 0 Å². The summed E-state index contributed by atoms with van der Waals surface area (Å²) in [7, 11) is 0. The molecule has 1 unspecified atom stereocenters. The first kappa shape index (κ1) is 14.6. The first-order chi connectivity index (χ1) is 11.8. The van der Waals surface area contributed by atoms with Crippen molar-refractivity contribution in [2.24, 2.45) is 0 Å². The molecule has 7 nitrogen and oxygen atoms in total. The molecule has 0 bridgehead atoms. The molecule has 3 aromatic heterocycles. The molecule has 1 saturated heterocycles. The number of fused-ring (bicyclic) bond motifs is 1. The zero-order valence-electron chi connectivity index (χ0n) is 13.2. The molecule has 24 heavy (non-hydrogen) atoms. The van der Waals surface area contributed by atoms with Gasteiger partial charge in [-0.1, -0.05) is 6.07 Å². The van der Waals surface area contributed by atoms with Crippen molar-refractivity contribution in [2.75, 3.05) is 18.0 Å². The third-order valence-electron chi connectivity index (χ3n) is 4.25. The molecule has 0 aromatic carbocycles. The number of hydrogen-bond acceptors (Lipinski definition) is 5. The summed E-state index contributed by atoms with van der Waals surface area (Å²) in [4.78, 5) is 23.4. The van der Waals surface area contributed by atoms with Crippen LogP contribution in [0.1, 0.15) is 23.2 Å². The van der Waals surface area contributed by atoms with Gasteiger partial charge in [-0.15, -0.1) is 0 Å². The van der Waals surface area contributed by atoms with Crippen molar-refractivity contribution >= 4 is 17.4 Å². The second-order valence-electron chi connectivity index (χ2n) is 5.89. The lowest BCUT2D eigenvalue weighted by atomic mass is 10.1. The van der Waals surface area contributed by atoms with Crippen LogP contribution < -0.4 is 10.2 Å². The number of nitrogens with zero attached hydrogens (tertiary/aromatic N) is 5. The number of anilines is 1. The Kier molecular flexibility index (Phi) is 3.82. The minimum atomic E-state index is -0.128. The van der Waals surface area contributed by atoms with Crippen molar-refractivity contribution in [1.82, 2.24) is 24.9 Å². The molecule has 4 heterocycles. The Labute approximate surface area is 139 Å². The van der Waals surface area contributed by atoms with Gasteiger partial charge < -0.3 is 10.2 Å². The maximum atomic E-state index is 12.6. The van der Waals surface area contributed by atoms with E-state index in [0.29, 0.717) is 11.2 Å². The van der Waals surface area contributed by atoms with Gasteiger partial charge in [0, 0.05) is 37.7 Å². The van der Waals surface area contributed by atoms with Crippen LogP contribution in [0.2, 0.25) is 0 Å². The van der Waals surface area contributed by atoms with Crippen molar-refractivity contribution in [1.29, 1.82) is 0 Å². The lowest BCUT2D eigenvalue weighted by molar-refractivity contribution is 0.0934. The number of aromatic nitrogens is 4. The fourth-order valence-electron chi connectivity index (χ4n) is 3.09. The highest BCUT2D eigenvalue weighted by Crippen LogP contribution is 2.18. The highest BCUT2D eigenvalue weighted by atomic mass is 16.1. The molecule has 0 radical (unpaired) electrons. The van der Waals surface area contributed by atoms with Gasteiger partial charge in [0.15, 0.2) is 5.65 Å².